The largest absolute Gasteiger partial charge is 0.495 e. The Kier molecular flexibility index (Phi) is 5.04. The first-order chi connectivity index (χ1) is 13.3. The summed E-state index contributed by atoms with van der Waals surface area (Å²) in [5, 5.41) is 0. The second-order valence-electron chi connectivity index (χ2n) is 9.20. The maximum atomic E-state index is 5.56. The Bertz CT molecular complexity index is 634. The molecule has 2 aliphatic heterocycles. The third-order valence-corrected chi connectivity index (χ3v) is 7.93. The van der Waals surface area contributed by atoms with Crippen LogP contribution in [0.25, 0.3) is 0 Å². The summed E-state index contributed by atoms with van der Waals surface area (Å²) in [6.45, 7) is 7.30. The summed E-state index contributed by atoms with van der Waals surface area (Å²) in [6, 6.07) is 10.2. The second-order valence-corrected chi connectivity index (χ2v) is 9.20. The number of hydrogen-bond acceptors (Lipinski definition) is 4. The normalized spacial score (nSPS) is 32.9. The molecule has 4 fully saturated rings. The number of benzene rings is 1. The minimum absolute atomic E-state index is 0.805. The number of ether oxygens (including phenoxy) is 1. The number of methoxy groups -OCH3 is 1. The third-order valence-electron chi connectivity index (χ3n) is 7.93. The van der Waals surface area contributed by atoms with E-state index in [1.165, 1.54) is 70.4 Å². The first kappa shape index (κ1) is 17.8. The molecule has 0 spiro atoms. The minimum atomic E-state index is 0.805. The first-order valence-electron chi connectivity index (χ1n) is 11.2. The van der Waals surface area contributed by atoms with Gasteiger partial charge in [0, 0.05) is 38.3 Å². The Morgan fingerprint density at radius 2 is 1.59 bits per heavy atom. The molecule has 0 amide bonds. The van der Waals surface area contributed by atoms with Crippen molar-refractivity contribution < 1.29 is 4.74 Å². The monoisotopic (exact) mass is 369 g/mol. The van der Waals surface area contributed by atoms with Gasteiger partial charge in [-0.1, -0.05) is 18.6 Å². The number of likely N-dealkylation sites (tertiary alicyclic amines) is 1. The smallest absolute Gasteiger partial charge is 0.142 e. The molecule has 148 valence electrons. The minimum Gasteiger partial charge on any atom is -0.495 e. The number of rotatable bonds is 4. The fraction of sp³-hybridized carbons (Fsp3) is 0.739. The Labute approximate surface area is 164 Å². The molecule has 4 aliphatic rings. The molecule has 0 radical (unpaired) electrons. The molecule has 0 unspecified atom stereocenters. The molecule has 4 nitrogen and oxygen atoms in total. The zero-order valence-corrected chi connectivity index (χ0v) is 16.9. The highest BCUT2D eigenvalue weighted by Crippen LogP contribution is 2.47. The predicted molar refractivity (Wildman–Crippen MR) is 111 cm³/mol. The zero-order chi connectivity index (χ0) is 18.2. The van der Waals surface area contributed by atoms with Gasteiger partial charge in [-0.25, -0.2) is 0 Å². The predicted octanol–water partition coefficient (Wildman–Crippen LogP) is 3.47. The van der Waals surface area contributed by atoms with E-state index in [9.17, 15) is 0 Å². The van der Waals surface area contributed by atoms with Gasteiger partial charge in [0.25, 0.3) is 0 Å². The molecule has 2 saturated heterocycles. The average molecular weight is 370 g/mol. The molecule has 5 rings (SSSR count). The lowest BCUT2D eigenvalue weighted by Gasteiger charge is -2.45. The molecule has 3 atom stereocenters. The van der Waals surface area contributed by atoms with Gasteiger partial charge in [-0.15, -0.1) is 0 Å². The molecule has 0 N–H and O–H groups in total. The number of fused-ring (bicyclic) bond motifs is 2. The van der Waals surface area contributed by atoms with Crippen LogP contribution in [0.3, 0.4) is 0 Å². The summed E-state index contributed by atoms with van der Waals surface area (Å²) in [6.07, 6.45) is 8.84. The highest BCUT2D eigenvalue weighted by Gasteiger charge is 2.43. The lowest BCUT2D eigenvalue weighted by molar-refractivity contribution is 0.0617. The molecule has 0 aromatic heterocycles. The summed E-state index contributed by atoms with van der Waals surface area (Å²) in [7, 11) is 1.78. The molecule has 2 heterocycles. The fourth-order valence-corrected chi connectivity index (χ4v) is 6.46. The molecule has 1 aromatic rings. The van der Waals surface area contributed by atoms with Crippen molar-refractivity contribution in [1.29, 1.82) is 0 Å². The van der Waals surface area contributed by atoms with Crippen LogP contribution in [0.15, 0.2) is 24.3 Å². The van der Waals surface area contributed by atoms with Gasteiger partial charge in [0.1, 0.15) is 5.75 Å². The van der Waals surface area contributed by atoms with Gasteiger partial charge >= 0.3 is 0 Å². The van der Waals surface area contributed by atoms with Crippen LogP contribution in [-0.4, -0.2) is 68.3 Å². The SMILES string of the molecule is COc1ccccc1N1CCN(C2CCN([C@@H]3C[C@@H]4CC[C@@H]3C4)CC2)CC1. The Balaban J connectivity index is 1.12. The second kappa shape index (κ2) is 7.63. The van der Waals surface area contributed by atoms with Gasteiger partial charge in [-0.3, -0.25) is 9.80 Å². The van der Waals surface area contributed by atoms with E-state index in [4.69, 9.17) is 4.74 Å². The molecule has 2 bridgehead atoms. The first-order valence-corrected chi connectivity index (χ1v) is 11.2. The maximum Gasteiger partial charge on any atom is 0.142 e. The van der Waals surface area contributed by atoms with Crippen LogP contribution >= 0.6 is 0 Å². The zero-order valence-electron chi connectivity index (χ0n) is 16.9. The van der Waals surface area contributed by atoms with E-state index in [-0.39, 0.29) is 0 Å². The van der Waals surface area contributed by atoms with Gasteiger partial charge in [0.15, 0.2) is 0 Å². The van der Waals surface area contributed by atoms with Crippen molar-refractivity contribution >= 4 is 5.69 Å². The maximum absolute atomic E-state index is 5.56. The number of piperazine rings is 1. The summed E-state index contributed by atoms with van der Waals surface area (Å²) < 4.78 is 5.56. The van der Waals surface area contributed by atoms with Crippen LogP contribution in [0.2, 0.25) is 0 Å². The fourth-order valence-electron chi connectivity index (χ4n) is 6.46. The van der Waals surface area contributed by atoms with Gasteiger partial charge in [0.2, 0.25) is 0 Å². The number of nitrogens with zero attached hydrogens (tertiary/aromatic N) is 3. The van der Waals surface area contributed by atoms with Gasteiger partial charge in [0.05, 0.1) is 12.8 Å². The van der Waals surface area contributed by atoms with Crippen molar-refractivity contribution in [2.45, 2.75) is 50.6 Å². The van der Waals surface area contributed by atoms with Crippen molar-refractivity contribution in [1.82, 2.24) is 9.80 Å². The number of para-hydroxylation sites is 2. The van der Waals surface area contributed by atoms with Crippen molar-refractivity contribution in [3.05, 3.63) is 24.3 Å². The van der Waals surface area contributed by atoms with Crippen molar-refractivity contribution in [3.63, 3.8) is 0 Å². The van der Waals surface area contributed by atoms with E-state index in [0.29, 0.717) is 0 Å². The van der Waals surface area contributed by atoms with Crippen LogP contribution < -0.4 is 9.64 Å². The Morgan fingerprint density at radius 3 is 2.26 bits per heavy atom. The summed E-state index contributed by atoms with van der Waals surface area (Å²) in [4.78, 5) is 8.13. The van der Waals surface area contributed by atoms with Crippen molar-refractivity contribution in [3.8, 4) is 5.75 Å². The van der Waals surface area contributed by atoms with E-state index < -0.39 is 0 Å². The summed E-state index contributed by atoms with van der Waals surface area (Å²) in [5.74, 6) is 3.11. The molecule has 2 aliphatic carbocycles. The topological polar surface area (TPSA) is 19.0 Å². The van der Waals surface area contributed by atoms with E-state index in [2.05, 4.69) is 39.0 Å². The van der Waals surface area contributed by atoms with E-state index in [0.717, 1.165) is 42.8 Å². The number of piperidine rings is 1. The van der Waals surface area contributed by atoms with Crippen LogP contribution in [0.5, 0.6) is 5.75 Å². The van der Waals surface area contributed by atoms with Crippen LogP contribution in [0.4, 0.5) is 5.69 Å². The van der Waals surface area contributed by atoms with Gasteiger partial charge < -0.3 is 9.64 Å². The van der Waals surface area contributed by atoms with Gasteiger partial charge in [-0.05, 0) is 69.2 Å². The molecule has 1 aromatic carbocycles. The van der Waals surface area contributed by atoms with Crippen LogP contribution in [0.1, 0.15) is 38.5 Å². The quantitative estimate of drug-likeness (QED) is 0.809. The van der Waals surface area contributed by atoms with E-state index in [1.807, 2.05) is 0 Å². The lowest BCUT2D eigenvalue weighted by atomic mass is 9.91. The van der Waals surface area contributed by atoms with Crippen molar-refractivity contribution in [2.24, 2.45) is 11.8 Å². The lowest BCUT2D eigenvalue weighted by Crippen LogP contribution is -2.54. The molecule has 27 heavy (non-hydrogen) atoms. The third kappa shape index (κ3) is 3.47. The van der Waals surface area contributed by atoms with E-state index >= 15 is 0 Å². The molecule has 4 heteroatoms. The average Bonchev–Trinajstić information content (AvgIpc) is 3.38. The molecule has 2 saturated carbocycles. The van der Waals surface area contributed by atoms with Crippen molar-refractivity contribution in [2.75, 3.05) is 51.3 Å². The van der Waals surface area contributed by atoms with Crippen LogP contribution in [-0.2, 0) is 0 Å². The summed E-state index contributed by atoms with van der Waals surface area (Å²) >= 11 is 0. The Morgan fingerprint density at radius 1 is 0.815 bits per heavy atom. The summed E-state index contributed by atoms with van der Waals surface area (Å²) in [5.41, 5.74) is 1.26. The standard InChI is InChI=1S/C23H35N3O/c1-27-23-5-3-2-4-21(23)26-14-12-24(13-15-26)20-8-10-25(11-9-20)22-17-18-6-7-19(22)16-18/h2-5,18-20,22H,6-17H2,1H3/t18-,19-,22-/m1/s1. The van der Waals surface area contributed by atoms with Crippen LogP contribution in [0, 0.1) is 11.8 Å². The number of hydrogen-bond donors (Lipinski definition) is 0. The van der Waals surface area contributed by atoms with E-state index in [1.54, 1.807) is 7.11 Å². The molecular weight excluding hydrogens is 334 g/mol. The highest BCUT2D eigenvalue weighted by atomic mass is 16.5. The molecular formula is C23H35N3O. The number of anilines is 1. The van der Waals surface area contributed by atoms with Gasteiger partial charge in [-0.2, -0.15) is 0 Å². The highest BCUT2D eigenvalue weighted by molar-refractivity contribution is 5.58. The Hall–Kier alpha value is -1.26.